The molecule has 3 aliphatic carbocycles. The van der Waals surface area contributed by atoms with E-state index >= 15 is 0 Å². The number of carbonyl (C=O) groups is 1. The van der Waals surface area contributed by atoms with Gasteiger partial charge in [-0.05, 0) is 47.5 Å². The van der Waals surface area contributed by atoms with Crippen LogP contribution in [0.2, 0.25) is 0 Å². The average molecular weight is 394 g/mol. The minimum Gasteiger partial charge on any atom is -0.289 e. The molecule has 1 saturated carbocycles. The minimum absolute atomic E-state index is 0.178. The van der Waals surface area contributed by atoms with Crippen LogP contribution in [0.25, 0.3) is 5.57 Å². The second kappa shape index (κ2) is 8.60. The monoisotopic (exact) mass is 393 g/mol. The van der Waals surface area contributed by atoms with Gasteiger partial charge in [-0.15, -0.1) is 0 Å². The van der Waals surface area contributed by atoms with Crippen LogP contribution < -0.4 is 0 Å². The highest BCUT2D eigenvalue weighted by atomic mass is 16.1. The molecule has 30 heavy (non-hydrogen) atoms. The maximum absolute atomic E-state index is 13.5. The molecule has 3 aliphatic rings. The molecule has 0 spiro atoms. The first-order chi connectivity index (χ1) is 14.8. The Hall–Kier alpha value is -2.67. The Labute approximate surface area is 180 Å². The topological polar surface area (TPSA) is 17.1 Å². The van der Waals surface area contributed by atoms with Crippen LogP contribution in [-0.2, 0) is 0 Å². The van der Waals surface area contributed by atoms with Crippen LogP contribution in [0.15, 0.2) is 84.0 Å². The summed E-state index contributed by atoms with van der Waals surface area (Å²) in [6.07, 6.45) is 18.1. The predicted molar refractivity (Wildman–Crippen MR) is 124 cm³/mol. The lowest BCUT2D eigenvalue weighted by molar-refractivity contribution is 0.103. The Morgan fingerprint density at radius 3 is 2.37 bits per heavy atom. The van der Waals surface area contributed by atoms with Crippen molar-refractivity contribution in [3.63, 3.8) is 0 Å². The molecule has 1 radical (unpaired) electrons. The molecule has 2 unspecified atom stereocenters. The van der Waals surface area contributed by atoms with Gasteiger partial charge in [0.2, 0.25) is 0 Å². The van der Waals surface area contributed by atoms with Crippen molar-refractivity contribution in [2.75, 3.05) is 0 Å². The summed E-state index contributed by atoms with van der Waals surface area (Å²) in [6.45, 7) is 0. The highest BCUT2D eigenvalue weighted by Gasteiger charge is 2.37. The normalized spacial score (nSPS) is 22.5. The Balaban J connectivity index is 1.69. The molecular weight excluding hydrogens is 364 g/mol. The third-order valence-corrected chi connectivity index (χ3v) is 6.89. The van der Waals surface area contributed by atoms with E-state index in [1.165, 1.54) is 61.7 Å². The first-order valence-corrected chi connectivity index (χ1v) is 11.5. The van der Waals surface area contributed by atoms with Crippen LogP contribution in [0.4, 0.5) is 0 Å². The maximum Gasteiger partial charge on any atom is 0.193 e. The fraction of sp³-hybridized carbons (Fsp3) is 0.310. The van der Waals surface area contributed by atoms with E-state index in [2.05, 4.69) is 61.0 Å². The van der Waals surface area contributed by atoms with E-state index in [0.717, 1.165) is 16.7 Å². The molecule has 1 heteroatoms. The summed E-state index contributed by atoms with van der Waals surface area (Å²) < 4.78 is 0. The predicted octanol–water partition coefficient (Wildman–Crippen LogP) is 7.36. The zero-order valence-electron chi connectivity index (χ0n) is 17.5. The van der Waals surface area contributed by atoms with Crippen molar-refractivity contribution in [2.45, 2.75) is 44.9 Å². The standard InChI is InChI=1S/C29H29O/c30-29-25-18-11-10-17-24(25)27(22-15-8-5-9-16-22)28-23(19-12-20-26(28)29)21-13-6-3-1-2-4-7-14-21/h5,8-13,15-21,23H,1-4,6-7,14H2. The van der Waals surface area contributed by atoms with Crippen molar-refractivity contribution < 1.29 is 4.79 Å². The molecule has 0 amide bonds. The first kappa shape index (κ1) is 19.3. The molecule has 1 nitrogen and oxygen atoms in total. The van der Waals surface area contributed by atoms with E-state index in [9.17, 15) is 4.79 Å². The van der Waals surface area contributed by atoms with E-state index in [1.54, 1.807) is 0 Å². The Kier molecular flexibility index (Phi) is 5.53. The molecule has 0 N–H and O–H groups in total. The van der Waals surface area contributed by atoms with Gasteiger partial charge in [-0.25, -0.2) is 0 Å². The maximum atomic E-state index is 13.5. The van der Waals surface area contributed by atoms with E-state index < -0.39 is 0 Å². The number of hydrogen-bond acceptors (Lipinski definition) is 1. The fourth-order valence-electron chi connectivity index (χ4n) is 5.43. The smallest absolute Gasteiger partial charge is 0.193 e. The molecule has 2 aromatic rings. The average Bonchev–Trinajstić information content (AvgIpc) is 2.94. The van der Waals surface area contributed by atoms with Crippen LogP contribution in [0.3, 0.4) is 0 Å². The van der Waals surface area contributed by atoms with Gasteiger partial charge < -0.3 is 0 Å². The largest absolute Gasteiger partial charge is 0.289 e. The highest BCUT2D eigenvalue weighted by Crippen LogP contribution is 2.47. The number of ketones is 1. The van der Waals surface area contributed by atoms with Crippen LogP contribution >= 0.6 is 0 Å². The molecule has 1 fully saturated rings. The number of carbonyl (C=O) groups excluding carboxylic acids is 1. The quantitative estimate of drug-likeness (QED) is 0.521. The van der Waals surface area contributed by atoms with E-state index in [-0.39, 0.29) is 11.7 Å². The van der Waals surface area contributed by atoms with Crippen molar-refractivity contribution in [2.24, 2.45) is 11.8 Å². The van der Waals surface area contributed by atoms with Crippen LogP contribution in [-0.4, -0.2) is 5.78 Å². The van der Waals surface area contributed by atoms with Gasteiger partial charge in [-0.3, -0.25) is 4.79 Å². The molecule has 0 aromatic heterocycles. The van der Waals surface area contributed by atoms with Crippen LogP contribution in [0.5, 0.6) is 0 Å². The van der Waals surface area contributed by atoms with Gasteiger partial charge >= 0.3 is 0 Å². The third-order valence-electron chi connectivity index (χ3n) is 6.89. The summed E-state index contributed by atoms with van der Waals surface area (Å²) in [5.41, 5.74) is 6.52. The lowest BCUT2D eigenvalue weighted by Crippen LogP contribution is -2.26. The third kappa shape index (κ3) is 3.51. The van der Waals surface area contributed by atoms with E-state index in [1.807, 2.05) is 18.2 Å². The Bertz CT molecular complexity index is 1010. The molecule has 0 heterocycles. The summed E-state index contributed by atoms with van der Waals surface area (Å²) in [6, 6.07) is 18.8. The summed E-state index contributed by atoms with van der Waals surface area (Å²) in [4.78, 5) is 13.5. The summed E-state index contributed by atoms with van der Waals surface area (Å²) in [5.74, 6) is 0.947. The van der Waals surface area contributed by atoms with Gasteiger partial charge in [-0.2, -0.15) is 0 Å². The van der Waals surface area contributed by atoms with Crippen molar-refractivity contribution in [3.05, 3.63) is 107 Å². The molecule has 5 rings (SSSR count). The number of allylic oxidation sites excluding steroid dienone is 5. The Morgan fingerprint density at radius 2 is 1.50 bits per heavy atom. The van der Waals surface area contributed by atoms with Gasteiger partial charge in [0.1, 0.15) is 0 Å². The molecule has 0 saturated heterocycles. The van der Waals surface area contributed by atoms with Crippen molar-refractivity contribution in [3.8, 4) is 0 Å². The van der Waals surface area contributed by atoms with Crippen molar-refractivity contribution in [1.82, 2.24) is 0 Å². The lowest BCUT2D eigenvalue weighted by Gasteiger charge is -2.35. The zero-order chi connectivity index (χ0) is 20.3. The lowest BCUT2D eigenvalue weighted by atomic mass is 9.67. The minimum atomic E-state index is 0.178. The zero-order valence-corrected chi connectivity index (χ0v) is 17.5. The molecule has 2 atom stereocenters. The van der Waals surface area contributed by atoms with Crippen molar-refractivity contribution >= 4 is 11.4 Å². The Morgan fingerprint density at radius 1 is 0.767 bits per heavy atom. The number of fused-ring (bicyclic) bond motifs is 2. The summed E-state index contributed by atoms with van der Waals surface area (Å²) in [7, 11) is 0. The van der Waals surface area contributed by atoms with E-state index in [0.29, 0.717) is 5.92 Å². The molecule has 151 valence electrons. The first-order valence-electron chi connectivity index (χ1n) is 11.5. The molecule has 0 aliphatic heterocycles. The summed E-state index contributed by atoms with van der Waals surface area (Å²) >= 11 is 0. The second-order valence-corrected chi connectivity index (χ2v) is 8.77. The number of hydrogen-bond donors (Lipinski definition) is 0. The second-order valence-electron chi connectivity index (χ2n) is 8.77. The van der Waals surface area contributed by atoms with E-state index in [4.69, 9.17) is 0 Å². The number of Topliss-reactive ketones (excluding diaryl/α,β-unsaturated/α-hetero) is 1. The van der Waals surface area contributed by atoms with Gasteiger partial charge in [0.25, 0.3) is 0 Å². The van der Waals surface area contributed by atoms with Gasteiger partial charge in [0.15, 0.2) is 5.78 Å². The number of rotatable bonds is 2. The molecule has 2 aromatic carbocycles. The van der Waals surface area contributed by atoms with Crippen LogP contribution in [0, 0.1) is 18.3 Å². The SMILES string of the molecule is O=C1C2=CC=CC(C3[CH]CCCCCCC3)C2=C(c2ccccc2)c2ccccc21. The van der Waals surface area contributed by atoms with Gasteiger partial charge in [0, 0.05) is 17.1 Å². The van der Waals surface area contributed by atoms with Gasteiger partial charge in [0.05, 0.1) is 0 Å². The van der Waals surface area contributed by atoms with Crippen LogP contribution in [0.1, 0.15) is 66.4 Å². The van der Waals surface area contributed by atoms with Crippen molar-refractivity contribution in [1.29, 1.82) is 0 Å². The molecular formula is C29H29O. The summed E-state index contributed by atoms with van der Waals surface area (Å²) in [5, 5.41) is 0. The highest BCUT2D eigenvalue weighted by molar-refractivity contribution is 6.20. The number of benzene rings is 2. The molecule has 0 bridgehead atoms. The van der Waals surface area contributed by atoms with Gasteiger partial charge in [-0.1, -0.05) is 105 Å². The fourth-order valence-corrected chi connectivity index (χ4v) is 5.43.